The highest BCUT2D eigenvalue weighted by Crippen LogP contribution is 2.23. The molecule has 0 saturated carbocycles. The molecule has 3 aromatic carbocycles. The molecule has 156 valence electrons. The van der Waals surface area contributed by atoms with Gasteiger partial charge in [-0.2, -0.15) is 0 Å². The lowest BCUT2D eigenvalue weighted by Gasteiger charge is -2.16. The molecule has 1 unspecified atom stereocenters. The van der Waals surface area contributed by atoms with Crippen LogP contribution < -0.4 is 10.0 Å². The Kier molecular flexibility index (Phi) is 6.27. The minimum absolute atomic E-state index is 0.0840. The second-order valence-electron chi connectivity index (χ2n) is 7.49. The zero-order chi connectivity index (χ0) is 21.9. The summed E-state index contributed by atoms with van der Waals surface area (Å²) in [6.07, 6.45) is 0. The Morgan fingerprint density at radius 3 is 2.17 bits per heavy atom. The molecule has 2 N–H and O–H groups in total. The highest BCUT2D eigenvalue weighted by molar-refractivity contribution is 7.92. The average molecular weight is 423 g/mol. The summed E-state index contributed by atoms with van der Waals surface area (Å²) in [6.45, 7) is 7.50. The molecule has 0 fully saturated rings. The fourth-order valence-electron chi connectivity index (χ4n) is 3.15. The van der Waals surface area contributed by atoms with Crippen molar-refractivity contribution >= 4 is 21.6 Å². The van der Waals surface area contributed by atoms with Crippen LogP contribution in [0.5, 0.6) is 0 Å². The highest BCUT2D eigenvalue weighted by Gasteiger charge is 2.20. The molecule has 6 heteroatoms. The molecular formula is C24H26N2O3S. The summed E-state index contributed by atoms with van der Waals surface area (Å²) in [5, 5.41) is 2.92. The number of rotatable bonds is 6. The van der Waals surface area contributed by atoms with Gasteiger partial charge in [-0.15, -0.1) is 0 Å². The van der Waals surface area contributed by atoms with Gasteiger partial charge >= 0.3 is 0 Å². The number of carbonyl (C=O) groups is 1. The van der Waals surface area contributed by atoms with E-state index in [4.69, 9.17) is 0 Å². The van der Waals surface area contributed by atoms with E-state index in [1.54, 1.807) is 31.2 Å². The molecule has 0 aromatic heterocycles. The van der Waals surface area contributed by atoms with Gasteiger partial charge in [0.1, 0.15) is 0 Å². The van der Waals surface area contributed by atoms with Crippen molar-refractivity contribution in [2.75, 3.05) is 4.72 Å². The number of hydrogen-bond donors (Lipinski definition) is 2. The average Bonchev–Trinajstić information content (AvgIpc) is 2.71. The van der Waals surface area contributed by atoms with Crippen molar-refractivity contribution in [3.05, 3.63) is 94.5 Å². The predicted octanol–water partition coefficient (Wildman–Crippen LogP) is 4.90. The fraction of sp³-hybridized carbons (Fsp3) is 0.208. The van der Waals surface area contributed by atoms with Gasteiger partial charge in [0.25, 0.3) is 15.9 Å². The summed E-state index contributed by atoms with van der Waals surface area (Å²) in [5.41, 5.74) is 4.41. The second kappa shape index (κ2) is 8.71. The Balaban J connectivity index is 1.84. The van der Waals surface area contributed by atoms with Crippen LogP contribution in [-0.4, -0.2) is 14.3 Å². The van der Waals surface area contributed by atoms with Crippen LogP contribution in [0.15, 0.2) is 71.6 Å². The molecule has 30 heavy (non-hydrogen) atoms. The number of aryl methyl sites for hydroxylation is 3. The van der Waals surface area contributed by atoms with Gasteiger partial charge in [-0.05, 0) is 74.2 Å². The third kappa shape index (κ3) is 4.89. The molecule has 3 rings (SSSR count). The fourth-order valence-corrected chi connectivity index (χ4v) is 4.47. The summed E-state index contributed by atoms with van der Waals surface area (Å²) >= 11 is 0. The number of amides is 1. The first-order valence-corrected chi connectivity index (χ1v) is 11.2. The Morgan fingerprint density at radius 1 is 0.833 bits per heavy atom. The first-order chi connectivity index (χ1) is 14.2. The van der Waals surface area contributed by atoms with Crippen LogP contribution in [0.4, 0.5) is 5.69 Å². The molecule has 0 aliphatic carbocycles. The van der Waals surface area contributed by atoms with E-state index in [2.05, 4.69) is 10.0 Å². The van der Waals surface area contributed by atoms with E-state index in [1.807, 2.05) is 57.2 Å². The summed E-state index contributed by atoms with van der Waals surface area (Å²) in [7, 11) is -3.84. The third-order valence-electron chi connectivity index (χ3n) is 5.15. The van der Waals surface area contributed by atoms with E-state index < -0.39 is 10.0 Å². The Bertz CT molecular complexity index is 1170. The van der Waals surface area contributed by atoms with Gasteiger partial charge in [0.2, 0.25) is 0 Å². The molecular weight excluding hydrogens is 396 g/mol. The van der Waals surface area contributed by atoms with E-state index in [-0.39, 0.29) is 16.8 Å². The van der Waals surface area contributed by atoms with Crippen LogP contribution >= 0.6 is 0 Å². The highest BCUT2D eigenvalue weighted by atomic mass is 32.2. The SMILES string of the molecule is Cc1ccc(NS(=O)(=O)c2cc(C(=O)NC(C)c3ccccc3)ccc2C)cc1C. The first-order valence-electron chi connectivity index (χ1n) is 9.74. The summed E-state index contributed by atoms with van der Waals surface area (Å²) in [4.78, 5) is 12.8. The van der Waals surface area contributed by atoms with Crippen molar-refractivity contribution in [3.8, 4) is 0 Å². The van der Waals surface area contributed by atoms with Gasteiger partial charge in [-0.25, -0.2) is 8.42 Å². The quantitative estimate of drug-likeness (QED) is 0.593. The number of sulfonamides is 1. The summed E-state index contributed by atoms with van der Waals surface area (Å²) in [6, 6.07) is 19.5. The zero-order valence-electron chi connectivity index (χ0n) is 17.6. The Labute approximate surface area is 178 Å². The number of carbonyl (C=O) groups excluding carboxylic acids is 1. The molecule has 0 spiro atoms. The number of nitrogens with one attached hydrogen (secondary N) is 2. The Hall–Kier alpha value is -3.12. The van der Waals surface area contributed by atoms with Crippen LogP contribution in [0, 0.1) is 20.8 Å². The Morgan fingerprint density at radius 2 is 1.50 bits per heavy atom. The van der Waals surface area contributed by atoms with Crippen molar-refractivity contribution in [1.82, 2.24) is 5.32 Å². The minimum Gasteiger partial charge on any atom is -0.346 e. The number of benzene rings is 3. The van der Waals surface area contributed by atoms with E-state index >= 15 is 0 Å². The van der Waals surface area contributed by atoms with E-state index in [9.17, 15) is 13.2 Å². The van der Waals surface area contributed by atoms with Crippen LogP contribution in [-0.2, 0) is 10.0 Å². The van der Waals surface area contributed by atoms with Crippen LogP contribution in [0.1, 0.15) is 45.6 Å². The molecule has 3 aromatic rings. The molecule has 5 nitrogen and oxygen atoms in total. The third-order valence-corrected chi connectivity index (χ3v) is 6.67. The molecule has 0 radical (unpaired) electrons. The monoisotopic (exact) mass is 422 g/mol. The lowest BCUT2D eigenvalue weighted by atomic mass is 10.1. The molecule has 0 aliphatic rings. The lowest BCUT2D eigenvalue weighted by molar-refractivity contribution is 0.0939. The summed E-state index contributed by atoms with van der Waals surface area (Å²) < 4.78 is 28.6. The molecule has 0 bridgehead atoms. The second-order valence-corrected chi connectivity index (χ2v) is 9.14. The van der Waals surface area contributed by atoms with Gasteiger partial charge < -0.3 is 5.32 Å². The molecule has 0 heterocycles. The maximum absolute atomic E-state index is 13.0. The largest absolute Gasteiger partial charge is 0.346 e. The van der Waals surface area contributed by atoms with E-state index in [0.717, 1.165) is 16.7 Å². The maximum Gasteiger partial charge on any atom is 0.262 e. The first kappa shape index (κ1) is 21.6. The van der Waals surface area contributed by atoms with Gasteiger partial charge in [-0.3, -0.25) is 9.52 Å². The smallest absolute Gasteiger partial charge is 0.262 e. The van der Waals surface area contributed by atoms with Crippen molar-refractivity contribution in [2.24, 2.45) is 0 Å². The normalized spacial score (nSPS) is 12.3. The molecule has 1 amide bonds. The topological polar surface area (TPSA) is 75.3 Å². The van der Waals surface area contributed by atoms with Gasteiger partial charge in [0.15, 0.2) is 0 Å². The molecule has 0 saturated heterocycles. The van der Waals surface area contributed by atoms with Crippen molar-refractivity contribution in [3.63, 3.8) is 0 Å². The van der Waals surface area contributed by atoms with Crippen molar-refractivity contribution < 1.29 is 13.2 Å². The van der Waals surface area contributed by atoms with Gasteiger partial charge in [-0.1, -0.05) is 42.5 Å². The number of hydrogen-bond acceptors (Lipinski definition) is 3. The van der Waals surface area contributed by atoms with E-state index in [1.165, 1.54) is 6.07 Å². The lowest BCUT2D eigenvalue weighted by Crippen LogP contribution is -2.27. The molecule has 0 aliphatic heterocycles. The van der Waals surface area contributed by atoms with Gasteiger partial charge in [0, 0.05) is 11.3 Å². The molecule has 1 atom stereocenters. The standard InChI is InChI=1S/C24H26N2O3S/c1-16-11-13-22(14-18(16)3)26-30(28,29)23-15-21(12-10-17(23)2)24(27)25-19(4)20-8-6-5-7-9-20/h5-15,19,26H,1-4H3,(H,25,27). The summed E-state index contributed by atoms with van der Waals surface area (Å²) in [5.74, 6) is -0.325. The van der Waals surface area contributed by atoms with Crippen LogP contribution in [0.25, 0.3) is 0 Å². The van der Waals surface area contributed by atoms with Crippen molar-refractivity contribution in [2.45, 2.75) is 38.6 Å². The van der Waals surface area contributed by atoms with Crippen molar-refractivity contribution in [1.29, 1.82) is 0 Å². The number of anilines is 1. The minimum atomic E-state index is -3.84. The van der Waals surface area contributed by atoms with Crippen LogP contribution in [0.2, 0.25) is 0 Å². The maximum atomic E-state index is 13.0. The van der Waals surface area contributed by atoms with Crippen LogP contribution in [0.3, 0.4) is 0 Å². The van der Waals surface area contributed by atoms with E-state index in [0.29, 0.717) is 16.8 Å². The predicted molar refractivity (Wildman–Crippen MR) is 120 cm³/mol. The van der Waals surface area contributed by atoms with Gasteiger partial charge in [0.05, 0.1) is 10.9 Å². The zero-order valence-corrected chi connectivity index (χ0v) is 18.4.